The molecule has 0 amide bonds. The Bertz CT molecular complexity index is 300. The molecule has 0 bridgehead atoms. The second-order valence-corrected chi connectivity index (χ2v) is 5.00. The number of β-amino-alcohol motifs (C(OH)–C–C–N with tert-alkyl or cyclic N) is 1. The third-order valence-electron chi connectivity index (χ3n) is 2.55. The quantitative estimate of drug-likeness (QED) is 0.778. The van der Waals surface area contributed by atoms with Gasteiger partial charge < -0.3 is 10.8 Å². The van der Waals surface area contributed by atoms with Crippen molar-refractivity contribution in [3.8, 4) is 0 Å². The van der Waals surface area contributed by atoms with Crippen molar-refractivity contribution in [2.45, 2.75) is 25.6 Å². The summed E-state index contributed by atoms with van der Waals surface area (Å²) >= 11 is 1.77. The van der Waals surface area contributed by atoms with Crippen molar-refractivity contribution in [1.29, 1.82) is 0 Å². The van der Waals surface area contributed by atoms with Crippen LogP contribution in [-0.2, 0) is 13.1 Å². The summed E-state index contributed by atoms with van der Waals surface area (Å²) in [6.07, 6.45) is 0.790. The molecular formula is C10H16N2OS. The minimum absolute atomic E-state index is 0.121. The van der Waals surface area contributed by atoms with E-state index >= 15 is 0 Å². The van der Waals surface area contributed by atoms with E-state index in [1.54, 1.807) is 11.3 Å². The number of aliphatic hydroxyl groups excluding tert-OH is 1. The van der Waals surface area contributed by atoms with Crippen LogP contribution in [0.5, 0.6) is 0 Å². The maximum atomic E-state index is 9.37. The topological polar surface area (TPSA) is 49.5 Å². The Morgan fingerprint density at radius 2 is 2.29 bits per heavy atom. The standard InChI is InChI=1S/C10H16N2OS/c11-5-9-1-2-10(14-9)7-12-4-3-8(13)6-12/h1-2,8,13H,3-7,11H2. The van der Waals surface area contributed by atoms with Crippen molar-refractivity contribution in [3.63, 3.8) is 0 Å². The maximum Gasteiger partial charge on any atom is 0.0679 e. The van der Waals surface area contributed by atoms with Crippen molar-refractivity contribution in [3.05, 3.63) is 21.9 Å². The fourth-order valence-electron chi connectivity index (χ4n) is 1.79. The average Bonchev–Trinajstić information content (AvgIpc) is 2.76. The Hall–Kier alpha value is -0.420. The zero-order valence-electron chi connectivity index (χ0n) is 8.15. The number of hydrogen-bond acceptors (Lipinski definition) is 4. The lowest BCUT2D eigenvalue weighted by atomic mass is 10.3. The van der Waals surface area contributed by atoms with Crippen molar-refractivity contribution in [2.24, 2.45) is 5.73 Å². The zero-order valence-corrected chi connectivity index (χ0v) is 8.96. The Balaban J connectivity index is 1.90. The molecule has 0 spiro atoms. The first-order valence-electron chi connectivity index (χ1n) is 4.96. The summed E-state index contributed by atoms with van der Waals surface area (Å²) in [4.78, 5) is 4.87. The lowest BCUT2D eigenvalue weighted by Gasteiger charge is -2.12. The third-order valence-corrected chi connectivity index (χ3v) is 3.64. The monoisotopic (exact) mass is 212 g/mol. The van der Waals surface area contributed by atoms with Crippen molar-refractivity contribution in [1.82, 2.24) is 4.90 Å². The predicted octanol–water partition coefficient (Wildman–Crippen LogP) is 0.773. The van der Waals surface area contributed by atoms with Gasteiger partial charge in [0.05, 0.1) is 6.10 Å². The molecule has 14 heavy (non-hydrogen) atoms. The number of likely N-dealkylation sites (tertiary alicyclic amines) is 1. The van der Waals surface area contributed by atoms with Crippen molar-refractivity contribution < 1.29 is 5.11 Å². The highest BCUT2D eigenvalue weighted by Crippen LogP contribution is 2.20. The van der Waals surface area contributed by atoms with E-state index in [1.807, 2.05) is 0 Å². The maximum absolute atomic E-state index is 9.37. The molecule has 4 heteroatoms. The molecule has 3 nitrogen and oxygen atoms in total. The highest BCUT2D eigenvalue weighted by atomic mass is 32.1. The minimum atomic E-state index is -0.121. The summed E-state index contributed by atoms with van der Waals surface area (Å²) < 4.78 is 0. The Labute approximate surface area is 88.1 Å². The molecule has 1 fully saturated rings. The van der Waals surface area contributed by atoms with Crippen LogP contribution in [0.2, 0.25) is 0 Å². The van der Waals surface area contributed by atoms with Crippen LogP contribution in [-0.4, -0.2) is 29.2 Å². The van der Waals surface area contributed by atoms with E-state index in [2.05, 4.69) is 17.0 Å². The van der Waals surface area contributed by atoms with Crippen LogP contribution in [0.4, 0.5) is 0 Å². The van der Waals surface area contributed by atoms with Crippen LogP contribution >= 0.6 is 11.3 Å². The Morgan fingerprint density at radius 3 is 2.86 bits per heavy atom. The number of hydrogen-bond donors (Lipinski definition) is 2. The third kappa shape index (κ3) is 2.33. The predicted molar refractivity (Wildman–Crippen MR) is 58.1 cm³/mol. The van der Waals surface area contributed by atoms with E-state index in [4.69, 9.17) is 5.73 Å². The van der Waals surface area contributed by atoms with E-state index in [-0.39, 0.29) is 6.10 Å². The van der Waals surface area contributed by atoms with Gasteiger partial charge in [-0.2, -0.15) is 0 Å². The van der Waals surface area contributed by atoms with Gasteiger partial charge in [0.2, 0.25) is 0 Å². The lowest BCUT2D eigenvalue weighted by molar-refractivity contribution is 0.175. The van der Waals surface area contributed by atoms with Gasteiger partial charge in [0.25, 0.3) is 0 Å². The fourth-order valence-corrected chi connectivity index (χ4v) is 2.73. The van der Waals surface area contributed by atoms with Gasteiger partial charge in [-0.25, -0.2) is 0 Å². The SMILES string of the molecule is NCc1ccc(CN2CCC(O)C2)s1. The molecular weight excluding hydrogens is 196 g/mol. The van der Waals surface area contributed by atoms with Gasteiger partial charge in [0, 0.05) is 35.9 Å². The molecule has 0 aliphatic carbocycles. The van der Waals surface area contributed by atoms with E-state index in [9.17, 15) is 5.11 Å². The molecule has 0 aromatic carbocycles. The first-order valence-corrected chi connectivity index (χ1v) is 5.77. The van der Waals surface area contributed by atoms with Gasteiger partial charge in [0.1, 0.15) is 0 Å². The number of aliphatic hydroxyl groups is 1. The van der Waals surface area contributed by atoms with Crippen molar-refractivity contribution in [2.75, 3.05) is 13.1 Å². The second kappa shape index (κ2) is 4.40. The zero-order chi connectivity index (χ0) is 9.97. The smallest absolute Gasteiger partial charge is 0.0679 e. The summed E-state index contributed by atoms with van der Waals surface area (Å²) in [5.41, 5.74) is 5.55. The number of rotatable bonds is 3. The lowest BCUT2D eigenvalue weighted by Crippen LogP contribution is -2.20. The molecule has 0 saturated carbocycles. The molecule has 1 aromatic heterocycles. The summed E-state index contributed by atoms with van der Waals surface area (Å²) in [5, 5.41) is 9.37. The first kappa shape index (κ1) is 10.1. The van der Waals surface area contributed by atoms with E-state index in [1.165, 1.54) is 9.75 Å². The van der Waals surface area contributed by atoms with E-state index in [0.29, 0.717) is 6.54 Å². The summed E-state index contributed by atoms with van der Waals surface area (Å²) in [6.45, 7) is 3.42. The fraction of sp³-hybridized carbons (Fsp3) is 0.600. The van der Waals surface area contributed by atoms with Crippen LogP contribution in [0.15, 0.2) is 12.1 Å². The summed E-state index contributed by atoms with van der Waals surface area (Å²) in [6, 6.07) is 4.23. The molecule has 3 N–H and O–H groups in total. The van der Waals surface area contributed by atoms with Gasteiger partial charge in [-0.15, -0.1) is 11.3 Å². The van der Waals surface area contributed by atoms with Crippen LogP contribution < -0.4 is 5.73 Å². The van der Waals surface area contributed by atoms with Crippen LogP contribution in [0.25, 0.3) is 0 Å². The van der Waals surface area contributed by atoms with Crippen molar-refractivity contribution >= 4 is 11.3 Å². The average molecular weight is 212 g/mol. The van der Waals surface area contributed by atoms with E-state index in [0.717, 1.165) is 26.1 Å². The first-order chi connectivity index (χ1) is 6.78. The molecule has 0 radical (unpaired) electrons. The largest absolute Gasteiger partial charge is 0.392 e. The number of thiophene rings is 1. The molecule has 1 saturated heterocycles. The minimum Gasteiger partial charge on any atom is -0.392 e. The molecule has 1 aliphatic rings. The molecule has 1 atom stereocenters. The van der Waals surface area contributed by atoms with Crippen LogP contribution in [0.1, 0.15) is 16.2 Å². The van der Waals surface area contributed by atoms with Crippen LogP contribution in [0.3, 0.4) is 0 Å². The summed E-state index contributed by atoms with van der Waals surface area (Å²) in [5.74, 6) is 0. The van der Waals surface area contributed by atoms with Gasteiger partial charge in [-0.05, 0) is 18.6 Å². The van der Waals surface area contributed by atoms with Crippen LogP contribution in [0, 0.1) is 0 Å². The van der Waals surface area contributed by atoms with Gasteiger partial charge >= 0.3 is 0 Å². The highest BCUT2D eigenvalue weighted by molar-refractivity contribution is 7.11. The van der Waals surface area contributed by atoms with E-state index < -0.39 is 0 Å². The summed E-state index contributed by atoms with van der Waals surface area (Å²) in [7, 11) is 0. The molecule has 1 aromatic rings. The molecule has 2 heterocycles. The van der Waals surface area contributed by atoms with Gasteiger partial charge in [0.15, 0.2) is 0 Å². The Kier molecular flexibility index (Phi) is 3.18. The van der Waals surface area contributed by atoms with Gasteiger partial charge in [-0.3, -0.25) is 4.90 Å². The van der Waals surface area contributed by atoms with Gasteiger partial charge in [-0.1, -0.05) is 0 Å². The molecule has 78 valence electrons. The molecule has 1 aliphatic heterocycles. The second-order valence-electron chi connectivity index (χ2n) is 3.75. The Morgan fingerprint density at radius 1 is 1.50 bits per heavy atom. The number of nitrogens with zero attached hydrogens (tertiary/aromatic N) is 1. The number of nitrogens with two attached hydrogens (primary N) is 1. The molecule has 2 rings (SSSR count). The molecule has 1 unspecified atom stereocenters. The highest BCUT2D eigenvalue weighted by Gasteiger charge is 2.20. The normalized spacial score (nSPS) is 23.1.